The molecule has 0 radical (unpaired) electrons. The van der Waals surface area contributed by atoms with Crippen molar-refractivity contribution in [2.24, 2.45) is 0 Å². The Kier molecular flexibility index (Phi) is 3.47. The van der Waals surface area contributed by atoms with Crippen LogP contribution in [-0.2, 0) is 16.6 Å². The molecule has 2 heterocycles. The quantitative estimate of drug-likeness (QED) is 0.942. The van der Waals surface area contributed by atoms with Gasteiger partial charge in [-0.3, -0.25) is 4.72 Å². The van der Waals surface area contributed by atoms with Crippen LogP contribution in [0.25, 0.3) is 11.3 Å². The standard InChI is InChI=1S/C13H15N3O2S2/c1-2-20(17,18)15-11-6-4-3-5-10(11)12-9-16-7-8-19-13(16)14-12/h3-6,9,15H,2,7-8H2,1H3. The van der Waals surface area contributed by atoms with Crippen LogP contribution in [-0.4, -0.2) is 29.5 Å². The first kappa shape index (κ1) is 13.5. The number of fused-ring (bicyclic) bond motifs is 1. The highest BCUT2D eigenvalue weighted by Gasteiger charge is 2.18. The number of nitrogens with zero attached hydrogens (tertiary/aromatic N) is 2. The summed E-state index contributed by atoms with van der Waals surface area (Å²) in [6.07, 6.45) is 1.98. The van der Waals surface area contributed by atoms with E-state index in [-0.39, 0.29) is 5.75 Å². The minimum Gasteiger partial charge on any atom is -0.325 e. The molecule has 2 aromatic rings. The summed E-state index contributed by atoms with van der Waals surface area (Å²) >= 11 is 1.72. The number of anilines is 1. The van der Waals surface area contributed by atoms with Gasteiger partial charge in [0.15, 0.2) is 5.16 Å². The van der Waals surface area contributed by atoms with E-state index in [2.05, 4.69) is 14.3 Å². The van der Waals surface area contributed by atoms with Gasteiger partial charge in [-0.1, -0.05) is 30.0 Å². The number of sulfonamides is 1. The number of hydrogen-bond donors (Lipinski definition) is 1. The van der Waals surface area contributed by atoms with E-state index in [0.717, 1.165) is 28.7 Å². The first-order valence-corrected chi connectivity index (χ1v) is 9.03. The van der Waals surface area contributed by atoms with Crippen molar-refractivity contribution in [2.75, 3.05) is 16.2 Å². The Morgan fingerprint density at radius 3 is 2.95 bits per heavy atom. The summed E-state index contributed by atoms with van der Waals surface area (Å²) in [7, 11) is -3.29. The molecule has 7 heteroatoms. The van der Waals surface area contributed by atoms with Gasteiger partial charge in [0.2, 0.25) is 10.0 Å². The normalized spacial score (nSPS) is 14.2. The number of nitrogens with one attached hydrogen (secondary N) is 1. The van der Waals surface area contributed by atoms with Gasteiger partial charge < -0.3 is 4.57 Å². The summed E-state index contributed by atoms with van der Waals surface area (Å²) in [4.78, 5) is 4.57. The number of aromatic nitrogens is 2. The van der Waals surface area contributed by atoms with E-state index >= 15 is 0 Å². The smallest absolute Gasteiger partial charge is 0.232 e. The highest BCUT2D eigenvalue weighted by atomic mass is 32.2. The van der Waals surface area contributed by atoms with Crippen LogP contribution in [0, 0.1) is 0 Å². The second kappa shape index (κ2) is 5.14. The lowest BCUT2D eigenvalue weighted by Gasteiger charge is -2.10. The summed E-state index contributed by atoms with van der Waals surface area (Å²) in [5.74, 6) is 1.10. The number of imidazole rings is 1. The number of para-hydroxylation sites is 1. The van der Waals surface area contributed by atoms with E-state index < -0.39 is 10.0 Å². The van der Waals surface area contributed by atoms with Gasteiger partial charge in [0.25, 0.3) is 0 Å². The van der Waals surface area contributed by atoms with Crippen molar-refractivity contribution in [3.8, 4) is 11.3 Å². The van der Waals surface area contributed by atoms with Crippen LogP contribution in [0.5, 0.6) is 0 Å². The van der Waals surface area contributed by atoms with Crippen LogP contribution in [0.2, 0.25) is 0 Å². The molecule has 20 heavy (non-hydrogen) atoms. The van der Waals surface area contributed by atoms with Crippen molar-refractivity contribution in [1.82, 2.24) is 9.55 Å². The van der Waals surface area contributed by atoms with Crippen molar-refractivity contribution in [1.29, 1.82) is 0 Å². The van der Waals surface area contributed by atoms with E-state index in [1.807, 2.05) is 24.4 Å². The zero-order valence-corrected chi connectivity index (χ0v) is 12.7. The van der Waals surface area contributed by atoms with Crippen molar-refractivity contribution >= 4 is 27.5 Å². The fourth-order valence-corrected chi connectivity index (χ4v) is 3.68. The van der Waals surface area contributed by atoms with Crippen LogP contribution >= 0.6 is 11.8 Å². The highest BCUT2D eigenvalue weighted by Crippen LogP contribution is 2.32. The molecule has 0 saturated heterocycles. The molecule has 1 aliphatic heterocycles. The topological polar surface area (TPSA) is 64.0 Å². The van der Waals surface area contributed by atoms with E-state index in [4.69, 9.17) is 0 Å². The summed E-state index contributed by atoms with van der Waals surface area (Å²) in [5.41, 5.74) is 2.20. The molecule has 0 saturated carbocycles. The van der Waals surface area contributed by atoms with Crippen molar-refractivity contribution in [3.63, 3.8) is 0 Å². The molecule has 1 aromatic carbocycles. The average molecular weight is 309 g/mol. The maximum atomic E-state index is 11.8. The predicted octanol–water partition coefficient (Wildman–Crippen LogP) is 2.42. The summed E-state index contributed by atoms with van der Waals surface area (Å²) in [6, 6.07) is 7.35. The van der Waals surface area contributed by atoms with Crippen LogP contribution < -0.4 is 4.72 Å². The zero-order valence-electron chi connectivity index (χ0n) is 11.0. The SMILES string of the molecule is CCS(=O)(=O)Nc1ccccc1-c1cn2c(n1)SCC2. The number of benzene rings is 1. The third-order valence-electron chi connectivity index (χ3n) is 3.15. The molecule has 0 bridgehead atoms. The fraction of sp³-hybridized carbons (Fsp3) is 0.308. The third-order valence-corrected chi connectivity index (χ3v) is 5.41. The number of hydrogen-bond acceptors (Lipinski definition) is 4. The summed E-state index contributed by atoms with van der Waals surface area (Å²) < 4.78 is 28.2. The van der Waals surface area contributed by atoms with Gasteiger partial charge in [0, 0.05) is 24.1 Å². The number of thioether (sulfide) groups is 1. The van der Waals surface area contributed by atoms with E-state index in [1.165, 1.54) is 0 Å². The van der Waals surface area contributed by atoms with Gasteiger partial charge in [-0.25, -0.2) is 13.4 Å². The Balaban J connectivity index is 2.01. The van der Waals surface area contributed by atoms with Crippen LogP contribution in [0.4, 0.5) is 5.69 Å². The molecule has 1 aliphatic rings. The van der Waals surface area contributed by atoms with Crippen molar-refractivity contribution in [3.05, 3.63) is 30.5 Å². The van der Waals surface area contributed by atoms with Gasteiger partial charge in [-0.05, 0) is 13.0 Å². The molecule has 5 nitrogen and oxygen atoms in total. The van der Waals surface area contributed by atoms with Gasteiger partial charge in [-0.15, -0.1) is 0 Å². The lowest BCUT2D eigenvalue weighted by molar-refractivity contribution is 0.602. The molecular formula is C13H15N3O2S2. The van der Waals surface area contributed by atoms with Gasteiger partial charge in [-0.2, -0.15) is 0 Å². The molecule has 1 N–H and O–H groups in total. The summed E-state index contributed by atoms with van der Waals surface area (Å²) in [5, 5.41) is 0.994. The van der Waals surface area contributed by atoms with Gasteiger partial charge in [0.1, 0.15) is 0 Å². The van der Waals surface area contributed by atoms with Gasteiger partial charge >= 0.3 is 0 Å². The minimum absolute atomic E-state index is 0.0525. The predicted molar refractivity (Wildman–Crippen MR) is 81.5 cm³/mol. The molecule has 0 atom stereocenters. The zero-order chi connectivity index (χ0) is 14.2. The maximum absolute atomic E-state index is 11.8. The van der Waals surface area contributed by atoms with E-state index in [9.17, 15) is 8.42 Å². The number of rotatable bonds is 4. The lowest BCUT2D eigenvalue weighted by Crippen LogP contribution is -2.15. The van der Waals surface area contributed by atoms with Crippen LogP contribution in [0.3, 0.4) is 0 Å². The molecule has 0 spiro atoms. The molecule has 106 valence electrons. The minimum atomic E-state index is -3.29. The Hall–Kier alpha value is -1.47. The summed E-state index contributed by atoms with van der Waals surface area (Å²) in [6.45, 7) is 2.57. The van der Waals surface area contributed by atoms with Crippen molar-refractivity contribution in [2.45, 2.75) is 18.6 Å². The monoisotopic (exact) mass is 309 g/mol. The Morgan fingerprint density at radius 2 is 2.20 bits per heavy atom. The van der Waals surface area contributed by atoms with Gasteiger partial charge in [0.05, 0.1) is 17.1 Å². The first-order valence-electron chi connectivity index (χ1n) is 6.39. The largest absolute Gasteiger partial charge is 0.325 e. The second-order valence-corrected chi connectivity index (χ2v) is 7.57. The van der Waals surface area contributed by atoms with Crippen molar-refractivity contribution < 1.29 is 8.42 Å². The highest BCUT2D eigenvalue weighted by molar-refractivity contribution is 7.99. The average Bonchev–Trinajstić information content (AvgIpc) is 3.00. The Morgan fingerprint density at radius 1 is 1.40 bits per heavy atom. The molecule has 0 unspecified atom stereocenters. The molecule has 0 aliphatic carbocycles. The molecule has 1 aromatic heterocycles. The molecule has 3 rings (SSSR count). The Labute approximate surface area is 122 Å². The third kappa shape index (κ3) is 2.55. The fourth-order valence-electron chi connectivity index (χ4n) is 2.07. The van der Waals surface area contributed by atoms with Crippen LogP contribution in [0.15, 0.2) is 35.6 Å². The number of aryl methyl sites for hydroxylation is 1. The lowest BCUT2D eigenvalue weighted by atomic mass is 10.1. The van der Waals surface area contributed by atoms with E-state index in [0.29, 0.717) is 5.69 Å². The first-order chi connectivity index (χ1) is 9.59. The molecule has 0 fully saturated rings. The molecule has 0 amide bonds. The van der Waals surface area contributed by atoms with E-state index in [1.54, 1.807) is 24.8 Å². The molecular weight excluding hydrogens is 294 g/mol. The maximum Gasteiger partial charge on any atom is 0.232 e. The second-order valence-electron chi connectivity index (χ2n) is 4.50. The Bertz CT molecular complexity index is 716. The van der Waals surface area contributed by atoms with Crippen LogP contribution in [0.1, 0.15) is 6.92 Å².